The van der Waals surface area contributed by atoms with Crippen LogP contribution < -0.4 is 16.0 Å². The summed E-state index contributed by atoms with van der Waals surface area (Å²) in [6, 6.07) is 18.8. The molecule has 0 aromatic heterocycles. The molecule has 0 aliphatic heterocycles. The van der Waals surface area contributed by atoms with E-state index in [1.165, 1.54) is 0 Å². The number of carbonyl (C=O) groups is 2. The van der Waals surface area contributed by atoms with Gasteiger partial charge in [-0.1, -0.05) is 36.4 Å². The number of nitrogens with one attached hydrogen (secondary N) is 3. The summed E-state index contributed by atoms with van der Waals surface area (Å²) in [6.07, 6.45) is 0.891. The summed E-state index contributed by atoms with van der Waals surface area (Å²) in [7, 11) is 0. The largest absolute Gasteiger partial charge is 0.332 e. The lowest BCUT2D eigenvalue weighted by molar-refractivity contribution is -0.394. The van der Waals surface area contributed by atoms with Crippen molar-refractivity contribution in [2.24, 2.45) is 0 Å². The summed E-state index contributed by atoms with van der Waals surface area (Å²) in [4.78, 5) is 45.1. The van der Waals surface area contributed by atoms with Crippen LogP contribution in [0.5, 0.6) is 0 Å². The van der Waals surface area contributed by atoms with Gasteiger partial charge in [-0.15, -0.1) is 0 Å². The van der Waals surface area contributed by atoms with Crippen LogP contribution in [0.1, 0.15) is 22.3 Å². The summed E-state index contributed by atoms with van der Waals surface area (Å²) in [6.45, 7) is 0. The van der Waals surface area contributed by atoms with Crippen molar-refractivity contribution >= 4 is 51.9 Å². The van der Waals surface area contributed by atoms with Crippen molar-refractivity contribution in [1.29, 1.82) is 0 Å². The fourth-order valence-corrected chi connectivity index (χ4v) is 3.29. The van der Waals surface area contributed by atoms with E-state index in [0.29, 0.717) is 24.2 Å². The third-order valence-corrected chi connectivity index (χ3v) is 4.91. The molecule has 0 heterocycles. The Bertz CT molecular complexity index is 1270. The molecule has 0 fully saturated rings. The van der Waals surface area contributed by atoms with Crippen molar-refractivity contribution < 1.29 is 19.4 Å². The molecule has 11 nitrogen and oxygen atoms in total. The predicted octanol–water partition coefficient (Wildman–Crippen LogP) is 4.20. The highest BCUT2D eigenvalue weighted by Gasteiger charge is 2.20. The van der Waals surface area contributed by atoms with Gasteiger partial charge in [-0.25, -0.2) is 0 Å². The average Bonchev–Trinajstić information content (AvgIpc) is 2.83. The Hall–Kier alpha value is -4.71. The molecule has 0 aliphatic rings. The van der Waals surface area contributed by atoms with Gasteiger partial charge in [0.25, 0.3) is 17.3 Å². The van der Waals surface area contributed by atoms with E-state index in [1.807, 2.05) is 30.3 Å². The third kappa shape index (κ3) is 7.40. The van der Waals surface area contributed by atoms with Crippen LogP contribution in [0.25, 0.3) is 0 Å². The molecule has 0 bridgehead atoms. The average molecular weight is 494 g/mol. The normalized spacial score (nSPS) is 10.2. The number of aryl methyl sites for hydroxylation is 1. The quantitative estimate of drug-likeness (QED) is 0.239. The van der Waals surface area contributed by atoms with Crippen LogP contribution in [0.15, 0.2) is 72.8 Å². The van der Waals surface area contributed by atoms with Crippen LogP contribution in [0.4, 0.5) is 22.7 Å². The highest BCUT2D eigenvalue weighted by Crippen LogP contribution is 2.23. The number of nitrogens with zero attached hydrogens (tertiary/aromatic N) is 2. The van der Waals surface area contributed by atoms with Crippen molar-refractivity contribution in [2.75, 3.05) is 10.6 Å². The number of nitro groups is 2. The number of non-ortho nitro benzene ring substituents is 2. The van der Waals surface area contributed by atoms with Crippen LogP contribution in [-0.4, -0.2) is 26.8 Å². The standard InChI is InChI=1S/C23H19N5O6S/c29-21(10-9-15-5-2-1-3-6-15)24-17-7-4-8-18(13-17)25-23(35)26-22(30)16-11-19(27(31)32)14-20(12-16)28(33)34/h1-8,11-14H,9-10H2,(H,24,29)(H2,25,26,30,35). The second kappa shape index (κ2) is 11.4. The number of rotatable bonds is 8. The van der Waals surface area contributed by atoms with Gasteiger partial charge in [0.05, 0.1) is 21.5 Å². The SMILES string of the molecule is O=C(CCc1ccccc1)Nc1cccc(NC(=S)NC(=O)c2cc([N+](=O)[O-])cc([N+](=O)[O-])c2)c1. The second-order valence-electron chi connectivity index (χ2n) is 7.28. The molecule has 3 aromatic rings. The number of anilines is 2. The van der Waals surface area contributed by atoms with Gasteiger partial charge in [-0.3, -0.25) is 35.1 Å². The summed E-state index contributed by atoms with van der Waals surface area (Å²) in [5, 5.41) is 29.8. The van der Waals surface area contributed by atoms with Gasteiger partial charge in [0.1, 0.15) is 0 Å². The van der Waals surface area contributed by atoms with E-state index < -0.39 is 27.1 Å². The lowest BCUT2D eigenvalue weighted by Crippen LogP contribution is -2.34. The maximum absolute atomic E-state index is 12.5. The minimum atomic E-state index is -0.861. The molecule has 0 saturated heterocycles. The van der Waals surface area contributed by atoms with Crippen molar-refractivity contribution in [1.82, 2.24) is 5.32 Å². The molecule has 0 saturated carbocycles. The molecule has 0 atom stereocenters. The fourth-order valence-electron chi connectivity index (χ4n) is 3.08. The lowest BCUT2D eigenvalue weighted by Gasteiger charge is -2.11. The number of nitro benzene ring substituents is 2. The van der Waals surface area contributed by atoms with Crippen molar-refractivity contribution in [3.05, 3.63) is 104 Å². The monoisotopic (exact) mass is 493 g/mol. The molecular weight excluding hydrogens is 474 g/mol. The molecule has 2 amide bonds. The number of hydrogen-bond acceptors (Lipinski definition) is 7. The molecule has 35 heavy (non-hydrogen) atoms. The molecule has 0 aliphatic carbocycles. The first kappa shape index (κ1) is 24.9. The Morgan fingerprint density at radius 1 is 0.800 bits per heavy atom. The summed E-state index contributed by atoms with van der Waals surface area (Å²) >= 11 is 5.11. The zero-order chi connectivity index (χ0) is 25.4. The van der Waals surface area contributed by atoms with E-state index in [4.69, 9.17) is 12.2 Å². The van der Waals surface area contributed by atoms with E-state index in [2.05, 4.69) is 16.0 Å². The zero-order valence-corrected chi connectivity index (χ0v) is 18.9. The van der Waals surface area contributed by atoms with E-state index >= 15 is 0 Å². The predicted molar refractivity (Wildman–Crippen MR) is 133 cm³/mol. The summed E-state index contributed by atoms with van der Waals surface area (Å²) < 4.78 is 0. The highest BCUT2D eigenvalue weighted by molar-refractivity contribution is 7.80. The molecule has 3 rings (SSSR count). The molecule has 0 radical (unpaired) electrons. The van der Waals surface area contributed by atoms with Crippen molar-refractivity contribution in [3.8, 4) is 0 Å². The highest BCUT2D eigenvalue weighted by atomic mass is 32.1. The smallest absolute Gasteiger partial charge is 0.277 e. The molecule has 12 heteroatoms. The number of benzene rings is 3. The van der Waals surface area contributed by atoms with E-state index in [0.717, 1.165) is 23.8 Å². The van der Waals surface area contributed by atoms with Gasteiger partial charge in [-0.05, 0) is 42.4 Å². The molecule has 0 unspecified atom stereocenters. The number of amides is 2. The Morgan fingerprint density at radius 3 is 2.00 bits per heavy atom. The van der Waals surface area contributed by atoms with E-state index in [-0.39, 0.29) is 16.6 Å². The van der Waals surface area contributed by atoms with Crippen LogP contribution in [0.3, 0.4) is 0 Å². The van der Waals surface area contributed by atoms with Gasteiger partial charge >= 0.3 is 0 Å². The van der Waals surface area contributed by atoms with Gasteiger partial charge in [0, 0.05) is 29.9 Å². The molecule has 178 valence electrons. The van der Waals surface area contributed by atoms with Gasteiger partial charge < -0.3 is 10.6 Å². The van der Waals surface area contributed by atoms with Gasteiger partial charge in [0.15, 0.2) is 5.11 Å². The number of carbonyl (C=O) groups excluding carboxylic acids is 2. The van der Waals surface area contributed by atoms with Crippen LogP contribution in [-0.2, 0) is 11.2 Å². The topological polar surface area (TPSA) is 157 Å². The first-order valence-electron chi connectivity index (χ1n) is 10.2. The molecular formula is C23H19N5O6S. The van der Waals surface area contributed by atoms with Crippen LogP contribution >= 0.6 is 12.2 Å². The lowest BCUT2D eigenvalue weighted by atomic mass is 10.1. The Labute approximate surface area is 204 Å². The maximum atomic E-state index is 12.5. The Kier molecular flexibility index (Phi) is 8.14. The molecule has 3 aromatic carbocycles. The van der Waals surface area contributed by atoms with E-state index in [9.17, 15) is 29.8 Å². The van der Waals surface area contributed by atoms with Crippen molar-refractivity contribution in [2.45, 2.75) is 12.8 Å². The van der Waals surface area contributed by atoms with Gasteiger partial charge in [-0.2, -0.15) is 0 Å². The third-order valence-electron chi connectivity index (χ3n) is 4.70. The fraction of sp³-hybridized carbons (Fsp3) is 0.0870. The summed E-state index contributed by atoms with van der Waals surface area (Å²) in [5.74, 6) is -1.03. The second-order valence-corrected chi connectivity index (χ2v) is 7.68. The Morgan fingerprint density at radius 2 is 1.40 bits per heavy atom. The van der Waals surface area contributed by atoms with Crippen LogP contribution in [0, 0.1) is 20.2 Å². The summed E-state index contributed by atoms with van der Waals surface area (Å²) in [5.41, 5.74) is 0.526. The first-order chi connectivity index (χ1) is 16.7. The minimum Gasteiger partial charge on any atom is -0.332 e. The van der Waals surface area contributed by atoms with Crippen molar-refractivity contribution in [3.63, 3.8) is 0 Å². The molecule has 0 spiro atoms. The Balaban J connectivity index is 1.60. The molecule has 3 N–H and O–H groups in total. The maximum Gasteiger partial charge on any atom is 0.277 e. The number of thiocarbonyl (C=S) groups is 1. The minimum absolute atomic E-state index is 0.142. The number of hydrogen-bond donors (Lipinski definition) is 3. The van der Waals surface area contributed by atoms with Crippen LogP contribution in [0.2, 0.25) is 0 Å². The zero-order valence-electron chi connectivity index (χ0n) is 18.1. The van der Waals surface area contributed by atoms with Gasteiger partial charge in [0.2, 0.25) is 5.91 Å². The first-order valence-corrected chi connectivity index (χ1v) is 10.6. The van der Waals surface area contributed by atoms with E-state index in [1.54, 1.807) is 24.3 Å².